The van der Waals surface area contributed by atoms with Crippen molar-refractivity contribution in [2.75, 3.05) is 39.8 Å². The summed E-state index contributed by atoms with van der Waals surface area (Å²) in [6, 6.07) is 10.9. The summed E-state index contributed by atoms with van der Waals surface area (Å²) in [6.45, 7) is 7.53. The molecule has 2 atom stereocenters. The average molecular weight is 331 g/mol. The lowest BCUT2D eigenvalue weighted by Gasteiger charge is -2.37. The zero-order chi connectivity index (χ0) is 16.9. The van der Waals surface area contributed by atoms with Crippen molar-refractivity contribution in [3.05, 3.63) is 59.8 Å². The van der Waals surface area contributed by atoms with Gasteiger partial charge < -0.3 is 14.6 Å². The van der Waals surface area contributed by atoms with Crippen LogP contribution in [0.2, 0.25) is 0 Å². The van der Waals surface area contributed by atoms with Crippen LogP contribution in [0.5, 0.6) is 0 Å². The zero-order valence-electron chi connectivity index (χ0n) is 14.4. The third-order valence-electron chi connectivity index (χ3n) is 4.81. The first-order valence-corrected chi connectivity index (χ1v) is 8.58. The van der Waals surface area contributed by atoms with Crippen LogP contribution in [0.15, 0.2) is 47.1 Å². The van der Waals surface area contributed by atoms with E-state index in [9.17, 15) is 4.39 Å². The van der Waals surface area contributed by atoms with Gasteiger partial charge in [0.2, 0.25) is 0 Å². The fraction of sp³-hybridized carbons (Fsp3) is 0.474. The first kappa shape index (κ1) is 17.1. The Hall–Kier alpha value is -1.69. The second kappa shape index (κ2) is 7.92. The van der Waals surface area contributed by atoms with Gasteiger partial charge in [-0.25, -0.2) is 4.39 Å². The van der Waals surface area contributed by atoms with Crippen molar-refractivity contribution in [1.82, 2.24) is 15.1 Å². The first-order valence-electron chi connectivity index (χ1n) is 8.58. The second-order valence-corrected chi connectivity index (χ2v) is 6.60. The maximum atomic E-state index is 13.2. The predicted molar refractivity (Wildman–Crippen MR) is 93.5 cm³/mol. The van der Waals surface area contributed by atoms with Crippen LogP contribution >= 0.6 is 0 Å². The maximum absolute atomic E-state index is 13.2. The van der Waals surface area contributed by atoms with Crippen LogP contribution < -0.4 is 5.32 Å². The summed E-state index contributed by atoms with van der Waals surface area (Å²) >= 11 is 0. The summed E-state index contributed by atoms with van der Waals surface area (Å²) in [7, 11) is 2.17. The topological polar surface area (TPSA) is 31.7 Å². The summed E-state index contributed by atoms with van der Waals surface area (Å²) in [5.74, 6) is 0.634. The van der Waals surface area contributed by atoms with Crippen LogP contribution in [0, 0.1) is 5.82 Å². The lowest BCUT2D eigenvalue weighted by molar-refractivity contribution is 0.116. The molecule has 1 aliphatic rings. The summed E-state index contributed by atoms with van der Waals surface area (Å²) in [6.07, 6.45) is 1.68. The molecule has 1 saturated heterocycles. The summed E-state index contributed by atoms with van der Waals surface area (Å²) in [5.41, 5.74) is 1.01. The second-order valence-electron chi connectivity index (χ2n) is 6.60. The van der Waals surface area contributed by atoms with E-state index in [2.05, 4.69) is 29.1 Å². The minimum atomic E-state index is -0.220. The molecule has 0 spiro atoms. The summed E-state index contributed by atoms with van der Waals surface area (Å²) in [4.78, 5) is 4.87. The predicted octanol–water partition coefficient (Wildman–Crippen LogP) is 2.73. The van der Waals surface area contributed by atoms with Gasteiger partial charge in [0.05, 0.1) is 12.3 Å². The van der Waals surface area contributed by atoms with E-state index in [0.29, 0.717) is 6.04 Å². The van der Waals surface area contributed by atoms with E-state index >= 15 is 0 Å². The number of benzene rings is 1. The van der Waals surface area contributed by atoms with Crippen molar-refractivity contribution in [1.29, 1.82) is 0 Å². The quantitative estimate of drug-likeness (QED) is 0.882. The van der Waals surface area contributed by atoms with E-state index in [1.165, 1.54) is 12.1 Å². The molecule has 2 aromatic rings. The minimum absolute atomic E-state index is 0.0597. The molecule has 1 aliphatic heterocycles. The third kappa shape index (κ3) is 4.23. The van der Waals surface area contributed by atoms with Crippen molar-refractivity contribution in [2.24, 2.45) is 0 Å². The van der Waals surface area contributed by atoms with Gasteiger partial charge in [-0.1, -0.05) is 12.1 Å². The standard InChI is InChI=1S/C19H26FN3O/c1-15(23-11-9-22(2)10-12-23)14-21-19(18-4-3-13-24-18)16-5-7-17(20)8-6-16/h3-8,13,15,19,21H,9-12,14H2,1-2H3. The van der Waals surface area contributed by atoms with Gasteiger partial charge >= 0.3 is 0 Å². The number of furan rings is 1. The van der Waals surface area contributed by atoms with Gasteiger partial charge in [-0.3, -0.25) is 4.90 Å². The average Bonchev–Trinajstić information content (AvgIpc) is 3.11. The Bertz CT molecular complexity index is 606. The molecule has 0 bridgehead atoms. The summed E-state index contributed by atoms with van der Waals surface area (Å²) < 4.78 is 18.8. The molecule has 1 fully saturated rings. The molecule has 2 heterocycles. The SMILES string of the molecule is CC(CNC(c1ccc(F)cc1)c1ccco1)N1CCN(C)CC1. The Balaban J connectivity index is 1.65. The number of hydrogen-bond acceptors (Lipinski definition) is 4. The molecule has 0 radical (unpaired) electrons. The molecule has 0 aliphatic carbocycles. The van der Waals surface area contributed by atoms with E-state index in [1.54, 1.807) is 6.26 Å². The van der Waals surface area contributed by atoms with Gasteiger partial charge in [0, 0.05) is 38.8 Å². The van der Waals surface area contributed by atoms with E-state index in [-0.39, 0.29) is 11.9 Å². The van der Waals surface area contributed by atoms with E-state index in [4.69, 9.17) is 4.42 Å². The van der Waals surface area contributed by atoms with Crippen LogP contribution in [-0.2, 0) is 0 Å². The van der Waals surface area contributed by atoms with E-state index in [0.717, 1.165) is 44.0 Å². The molecule has 5 heteroatoms. The highest BCUT2D eigenvalue weighted by Crippen LogP contribution is 2.23. The number of nitrogens with zero attached hydrogens (tertiary/aromatic N) is 2. The highest BCUT2D eigenvalue weighted by molar-refractivity contribution is 5.27. The largest absolute Gasteiger partial charge is 0.467 e. The Kier molecular flexibility index (Phi) is 5.66. The van der Waals surface area contributed by atoms with Crippen molar-refractivity contribution >= 4 is 0 Å². The third-order valence-corrected chi connectivity index (χ3v) is 4.81. The summed E-state index contributed by atoms with van der Waals surface area (Å²) in [5, 5.41) is 3.59. The lowest BCUT2D eigenvalue weighted by atomic mass is 10.0. The molecular weight excluding hydrogens is 305 g/mol. The van der Waals surface area contributed by atoms with Crippen LogP contribution in [-0.4, -0.2) is 55.6 Å². The van der Waals surface area contributed by atoms with Crippen LogP contribution in [0.25, 0.3) is 0 Å². The van der Waals surface area contributed by atoms with Crippen molar-refractivity contribution < 1.29 is 8.81 Å². The van der Waals surface area contributed by atoms with Crippen LogP contribution in [0.4, 0.5) is 4.39 Å². The molecule has 0 amide bonds. The highest BCUT2D eigenvalue weighted by Gasteiger charge is 2.22. The molecule has 1 N–H and O–H groups in total. The Morgan fingerprint density at radius 3 is 2.46 bits per heavy atom. The molecule has 130 valence electrons. The number of hydrogen-bond donors (Lipinski definition) is 1. The number of halogens is 1. The van der Waals surface area contributed by atoms with Gasteiger partial charge in [-0.15, -0.1) is 0 Å². The Morgan fingerprint density at radius 1 is 1.12 bits per heavy atom. The molecule has 0 saturated carbocycles. The normalized spacial score (nSPS) is 19.3. The number of piperazine rings is 1. The van der Waals surface area contributed by atoms with Gasteiger partial charge in [0.1, 0.15) is 11.6 Å². The van der Waals surface area contributed by atoms with Crippen LogP contribution in [0.3, 0.4) is 0 Å². The molecular formula is C19H26FN3O. The van der Waals surface area contributed by atoms with Gasteiger partial charge in [0.15, 0.2) is 0 Å². The smallest absolute Gasteiger partial charge is 0.125 e. The molecule has 1 aromatic carbocycles. The zero-order valence-corrected chi connectivity index (χ0v) is 14.4. The molecule has 1 aromatic heterocycles. The fourth-order valence-corrected chi connectivity index (χ4v) is 3.17. The van der Waals surface area contributed by atoms with Gasteiger partial charge in [-0.05, 0) is 43.8 Å². The lowest BCUT2D eigenvalue weighted by Crippen LogP contribution is -2.51. The van der Waals surface area contributed by atoms with Crippen molar-refractivity contribution in [3.8, 4) is 0 Å². The Morgan fingerprint density at radius 2 is 1.83 bits per heavy atom. The number of rotatable bonds is 6. The molecule has 24 heavy (non-hydrogen) atoms. The Labute approximate surface area is 143 Å². The monoisotopic (exact) mass is 331 g/mol. The van der Waals surface area contributed by atoms with Crippen molar-refractivity contribution in [3.63, 3.8) is 0 Å². The van der Waals surface area contributed by atoms with Gasteiger partial charge in [-0.2, -0.15) is 0 Å². The van der Waals surface area contributed by atoms with Crippen LogP contribution in [0.1, 0.15) is 24.3 Å². The molecule has 4 nitrogen and oxygen atoms in total. The maximum Gasteiger partial charge on any atom is 0.125 e. The minimum Gasteiger partial charge on any atom is -0.467 e. The van der Waals surface area contributed by atoms with E-state index < -0.39 is 0 Å². The fourth-order valence-electron chi connectivity index (χ4n) is 3.17. The first-order chi connectivity index (χ1) is 11.6. The number of nitrogens with one attached hydrogen (secondary N) is 1. The molecule has 3 rings (SSSR count). The van der Waals surface area contributed by atoms with Gasteiger partial charge in [0.25, 0.3) is 0 Å². The highest BCUT2D eigenvalue weighted by atomic mass is 19.1. The van der Waals surface area contributed by atoms with E-state index in [1.807, 2.05) is 24.3 Å². The number of likely N-dealkylation sites (N-methyl/N-ethyl adjacent to an activating group) is 1. The van der Waals surface area contributed by atoms with Crippen molar-refractivity contribution in [2.45, 2.75) is 19.0 Å². The molecule has 2 unspecified atom stereocenters.